The second-order valence-corrected chi connectivity index (χ2v) is 8.45. The van der Waals surface area contributed by atoms with Crippen molar-refractivity contribution in [2.45, 2.75) is 6.42 Å². The number of morpholine rings is 1. The summed E-state index contributed by atoms with van der Waals surface area (Å²) in [5.41, 5.74) is 2.33. The van der Waals surface area contributed by atoms with Gasteiger partial charge in [0.2, 0.25) is 0 Å². The Kier molecular flexibility index (Phi) is 9.30. The van der Waals surface area contributed by atoms with Crippen LogP contribution in [-0.4, -0.2) is 70.2 Å². The molecule has 1 heterocycles. The Labute approximate surface area is 200 Å². The minimum atomic E-state index is -0.430. The van der Waals surface area contributed by atoms with Crippen molar-refractivity contribution in [3.8, 4) is 0 Å². The topological polar surface area (TPSA) is 73.9 Å². The van der Waals surface area contributed by atoms with Gasteiger partial charge in [-0.15, -0.1) is 0 Å². The van der Waals surface area contributed by atoms with Crippen LogP contribution in [0.25, 0.3) is 6.08 Å². The zero-order valence-corrected chi connectivity index (χ0v) is 19.9. The SMILES string of the molecule is CN(C)c1ccc(C=C(NC(=O)c2ccccc2Cl)C(=O)NCCCN2CCOCC2)cc1. The number of hydrogen-bond acceptors (Lipinski definition) is 5. The second-order valence-electron chi connectivity index (χ2n) is 8.04. The summed E-state index contributed by atoms with van der Waals surface area (Å²) in [7, 11) is 3.93. The van der Waals surface area contributed by atoms with Crippen LogP contribution in [0.15, 0.2) is 54.2 Å². The molecule has 33 heavy (non-hydrogen) atoms. The van der Waals surface area contributed by atoms with Crippen LogP contribution in [0.2, 0.25) is 5.02 Å². The summed E-state index contributed by atoms with van der Waals surface area (Å²) >= 11 is 6.17. The van der Waals surface area contributed by atoms with Gasteiger partial charge in [-0.3, -0.25) is 14.5 Å². The number of anilines is 1. The predicted molar refractivity (Wildman–Crippen MR) is 133 cm³/mol. The van der Waals surface area contributed by atoms with Crippen molar-refractivity contribution in [1.29, 1.82) is 0 Å². The Bertz CT molecular complexity index is 970. The molecule has 0 unspecified atom stereocenters. The van der Waals surface area contributed by atoms with E-state index in [-0.39, 0.29) is 11.6 Å². The van der Waals surface area contributed by atoms with Gasteiger partial charge >= 0.3 is 0 Å². The fraction of sp³-hybridized carbons (Fsp3) is 0.360. The van der Waals surface area contributed by atoms with Crippen molar-refractivity contribution in [2.24, 2.45) is 0 Å². The Hall–Kier alpha value is -2.87. The number of nitrogens with one attached hydrogen (secondary N) is 2. The molecular weight excluding hydrogens is 440 g/mol. The van der Waals surface area contributed by atoms with E-state index < -0.39 is 5.91 Å². The van der Waals surface area contributed by atoms with Crippen molar-refractivity contribution in [3.63, 3.8) is 0 Å². The van der Waals surface area contributed by atoms with Crippen molar-refractivity contribution in [3.05, 3.63) is 70.4 Å². The first-order valence-corrected chi connectivity index (χ1v) is 11.4. The third-order valence-electron chi connectivity index (χ3n) is 5.37. The summed E-state index contributed by atoms with van der Waals surface area (Å²) < 4.78 is 5.36. The first kappa shape index (κ1) is 24.8. The molecule has 2 aromatic rings. The molecule has 0 bridgehead atoms. The molecule has 0 radical (unpaired) electrons. The maximum Gasteiger partial charge on any atom is 0.267 e. The average molecular weight is 471 g/mol. The van der Waals surface area contributed by atoms with Gasteiger partial charge in [0.1, 0.15) is 5.70 Å². The normalized spacial score (nSPS) is 14.6. The molecule has 0 atom stereocenters. The van der Waals surface area contributed by atoms with Gasteiger partial charge in [-0.05, 0) is 48.9 Å². The van der Waals surface area contributed by atoms with E-state index in [4.69, 9.17) is 16.3 Å². The minimum absolute atomic E-state index is 0.170. The number of carbonyl (C=O) groups excluding carboxylic acids is 2. The molecule has 3 rings (SSSR count). The molecule has 176 valence electrons. The molecule has 2 N–H and O–H groups in total. The number of rotatable bonds is 9. The number of nitrogens with zero attached hydrogens (tertiary/aromatic N) is 2. The fourth-order valence-electron chi connectivity index (χ4n) is 3.45. The summed E-state index contributed by atoms with van der Waals surface area (Å²) in [6.45, 7) is 4.72. The van der Waals surface area contributed by atoms with E-state index in [1.807, 2.05) is 43.3 Å². The first-order chi connectivity index (χ1) is 15.9. The predicted octanol–water partition coefficient (Wildman–Crippen LogP) is 3.02. The highest BCUT2D eigenvalue weighted by Crippen LogP contribution is 2.17. The number of benzene rings is 2. The van der Waals surface area contributed by atoms with E-state index in [0.717, 1.165) is 50.5 Å². The lowest BCUT2D eigenvalue weighted by Gasteiger charge is -2.26. The van der Waals surface area contributed by atoms with Gasteiger partial charge < -0.3 is 20.3 Å². The van der Waals surface area contributed by atoms with Gasteiger partial charge in [-0.1, -0.05) is 35.9 Å². The maximum absolute atomic E-state index is 13.0. The highest BCUT2D eigenvalue weighted by Gasteiger charge is 2.17. The monoisotopic (exact) mass is 470 g/mol. The van der Waals surface area contributed by atoms with Crippen LogP contribution in [0.3, 0.4) is 0 Å². The maximum atomic E-state index is 13.0. The summed E-state index contributed by atoms with van der Waals surface area (Å²) in [6, 6.07) is 14.5. The fourth-order valence-corrected chi connectivity index (χ4v) is 3.67. The smallest absolute Gasteiger partial charge is 0.267 e. The van der Waals surface area contributed by atoms with Crippen molar-refractivity contribution >= 4 is 35.2 Å². The van der Waals surface area contributed by atoms with E-state index in [1.54, 1.807) is 30.3 Å². The Morgan fingerprint density at radius 3 is 2.45 bits per heavy atom. The van der Waals surface area contributed by atoms with Crippen LogP contribution in [-0.2, 0) is 9.53 Å². The molecule has 1 aliphatic rings. The van der Waals surface area contributed by atoms with E-state index in [0.29, 0.717) is 17.1 Å². The van der Waals surface area contributed by atoms with Gasteiger partial charge in [-0.25, -0.2) is 0 Å². The van der Waals surface area contributed by atoms with Crippen LogP contribution in [0.1, 0.15) is 22.3 Å². The van der Waals surface area contributed by atoms with Crippen LogP contribution >= 0.6 is 11.6 Å². The average Bonchev–Trinajstić information content (AvgIpc) is 2.82. The van der Waals surface area contributed by atoms with Crippen LogP contribution < -0.4 is 15.5 Å². The Morgan fingerprint density at radius 2 is 1.79 bits per heavy atom. The molecule has 0 spiro atoms. The van der Waals surface area contributed by atoms with Crippen molar-refractivity contribution in [2.75, 3.05) is 58.4 Å². The van der Waals surface area contributed by atoms with Gasteiger partial charge in [0.05, 0.1) is 23.8 Å². The molecule has 8 heteroatoms. The van der Waals surface area contributed by atoms with Gasteiger partial charge in [0, 0.05) is 39.4 Å². The summed E-state index contributed by atoms with van der Waals surface area (Å²) in [5, 5.41) is 5.99. The molecule has 2 aromatic carbocycles. The lowest BCUT2D eigenvalue weighted by Crippen LogP contribution is -2.39. The number of amides is 2. The van der Waals surface area contributed by atoms with Gasteiger partial charge in [0.15, 0.2) is 0 Å². The standard InChI is InChI=1S/C25H31ClN4O3/c1-29(2)20-10-8-19(9-11-20)18-23(28-24(31)21-6-3-4-7-22(21)26)25(32)27-12-5-13-30-14-16-33-17-15-30/h3-4,6-11,18H,5,12-17H2,1-2H3,(H,27,32)(H,28,31). The number of halogens is 1. The molecule has 7 nitrogen and oxygen atoms in total. The summed E-state index contributed by atoms with van der Waals surface area (Å²) in [4.78, 5) is 30.1. The lowest BCUT2D eigenvalue weighted by molar-refractivity contribution is -0.117. The van der Waals surface area contributed by atoms with Gasteiger partial charge in [-0.2, -0.15) is 0 Å². The molecular formula is C25H31ClN4O3. The second kappa shape index (κ2) is 12.4. The number of ether oxygens (including phenoxy) is 1. The van der Waals surface area contributed by atoms with Crippen molar-refractivity contribution in [1.82, 2.24) is 15.5 Å². The summed E-state index contributed by atoms with van der Waals surface area (Å²) in [5.74, 6) is -0.769. The lowest BCUT2D eigenvalue weighted by atomic mass is 10.1. The molecule has 1 aliphatic heterocycles. The Balaban J connectivity index is 1.69. The highest BCUT2D eigenvalue weighted by molar-refractivity contribution is 6.34. The molecule has 2 amide bonds. The third kappa shape index (κ3) is 7.60. The van der Waals surface area contributed by atoms with E-state index in [1.165, 1.54) is 0 Å². The van der Waals surface area contributed by atoms with Crippen LogP contribution in [0, 0.1) is 0 Å². The minimum Gasteiger partial charge on any atom is -0.379 e. The largest absolute Gasteiger partial charge is 0.379 e. The van der Waals surface area contributed by atoms with Gasteiger partial charge in [0.25, 0.3) is 11.8 Å². The highest BCUT2D eigenvalue weighted by atomic mass is 35.5. The van der Waals surface area contributed by atoms with E-state index in [9.17, 15) is 9.59 Å². The molecule has 0 aliphatic carbocycles. The van der Waals surface area contributed by atoms with E-state index >= 15 is 0 Å². The molecule has 0 aromatic heterocycles. The number of carbonyl (C=O) groups is 2. The third-order valence-corrected chi connectivity index (χ3v) is 5.70. The quantitative estimate of drug-likeness (QED) is 0.435. The zero-order chi connectivity index (χ0) is 23.6. The molecule has 1 saturated heterocycles. The molecule has 0 saturated carbocycles. The first-order valence-electron chi connectivity index (χ1n) is 11.1. The zero-order valence-electron chi connectivity index (χ0n) is 19.1. The number of hydrogen-bond donors (Lipinski definition) is 2. The van der Waals surface area contributed by atoms with Crippen molar-refractivity contribution < 1.29 is 14.3 Å². The molecule has 1 fully saturated rings. The van der Waals surface area contributed by atoms with E-state index in [2.05, 4.69) is 15.5 Å². The van der Waals surface area contributed by atoms with Crippen LogP contribution in [0.5, 0.6) is 0 Å². The van der Waals surface area contributed by atoms with Crippen LogP contribution in [0.4, 0.5) is 5.69 Å². The summed E-state index contributed by atoms with van der Waals surface area (Å²) in [6.07, 6.45) is 2.49. The Morgan fingerprint density at radius 1 is 1.09 bits per heavy atom.